The van der Waals surface area contributed by atoms with E-state index in [0.717, 1.165) is 5.69 Å². The van der Waals surface area contributed by atoms with Gasteiger partial charge in [0.2, 0.25) is 5.91 Å². The van der Waals surface area contributed by atoms with E-state index >= 15 is 0 Å². The van der Waals surface area contributed by atoms with Crippen molar-refractivity contribution >= 4 is 17.4 Å². The summed E-state index contributed by atoms with van der Waals surface area (Å²) in [5, 5.41) is 9.59. The van der Waals surface area contributed by atoms with Crippen LogP contribution in [0.15, 0.2) is 34.9 Å². The molecule has 112 valence electrons. The fourth-order valence-electron chi connectivity index (χ4n) is 2.08. The standard InChI is InChI=1S/C16H21N3O2/c1-11-9-14(19-21-11)18-15(20)10-17-13-8-6-5-7-12(13)16(2,3)4/h5-9,17H,10H2,1-4H3,(H,18,19,20). The highest BCUT2D eigenvalue weighted by Crippen LogP contribution is 2.28. The molecule has 0 spiro atoms. The van der Waals surface area contributed by atoms with Crippen LogP contribution in [-0.4, -0.2) is 17.6 Å². The Kier molecular flexibility index (Phi) is 4.31. The predicted molar refractivity (Wildman–Crippen MR) is 83.5 cm³/mol. The molecule has 0 radical (unpaired) electrons. The number of carbonyl (C=O) groups excluding carboxylic acids is 1. The third-order valence-electron chi connectivity index (χ3n) is 3.07. The monoisotopic (exact) mass is 287 g/mol. The zero-order valence-corrected chi connectivity index (χ0v) is 12.9. The van der Waals surface area contributed by atoms with E-state index in [4.69, 9.17) is 4.52 Å². The molecule has 0 aliphatic carbocycles. The topological polar surface area (TPSA) is 67.2 Å². The molecule has 1 heterocycles. The van der Waals surface area contributed by atoms with Crippen molar-refractivity contribution in [3.8, 4) is 0 Å². The first-order chi connectivity index (χ1) is 9.86. The maximum Gasteiger partial charge on any atom is 0.244 e. The van der Waals surface area contributed by atoms with Gasteiger partial charge in [0.1, 0.15) is 5.76 Å². The van der Waals surface area contributed by atoms with Crippen molar-refractivity contribution in [3.05, 3.63) is 41.7 Å². The van der Waals surface area contributed by atoms with E-state index in [1.165, 1.54) is 5.56 Å². The summed E-state index contributed by atoms with van der Waals surface area (Å²) in [6.07, 6.45) is 0. The fraction of sp³-hybridized carbons (Fsp3) is 0.375. The Balaban J connectivity index is 1.98. The van der Waals surface area contributed by atoms with Gasteiger partial charge < -0.3 is 15.2 Å². The first kappa shape index (κ1) is 15.1. The number of nitrogens with zero attached hydrogens (tertiary/aromatic N) is 1. The minimum atomic E-state index is -0.160. The van der Waals surface area contributed by atoms with Gasteiger partial charge in [0.15, 0.2) is 5.82 Å². The molecular weight excluding hydrogens is 266 g/mol. The van der Waals surface area contributed by atoms with Crippen LogP contribution in [0.2, 0.25) is 0 Å². The Morgan fingerprint density at radius 3 is 2.62 bits per heavy atom. The van der Waals surface area contributed by atoms with Crippen LogP contribution in [0, 0.1) is 6.92 Å². The molecule has 2 N–H and O–H groups in total. The molecule has 2 aromatic rings. The van der Waals surface area contributed by atoms with Gasteiger partial charge in [0.05, 0.1) is 6.54 Å². The predicted octanol–water partition coefficient (Wildman–Crippen LogP) is 3.33. The van der Waals surface area contributed by atoms with Gasteiger partial charge in [0, 0.05) is 11.8 Å². The normalized spacial score (nSPS) is 11.2. The quantitative estimate of drug-likeness (QED) is 0.905. The summed E-state index contributed by atoms with van der Waals surface area (Å²) in [4.78, 5) is 11.9. The third-order valence-corrected chi connectivity index (χ3v) is 3.07. The Labute approximate surface area is 124 Å². The molecule has 0 bridgehead atoms. The number of aromatic nitrogens is 1. The summed E-state index contributed by atoms with van der Waals surface area (Å²) in [7, 11) is 0. The lowest BCUT2D eigenvalue weighted by Crippen LogP contribution is -2.23. The van der Waals surface area contributed by atoms with Crippen molar-refractivity contribution in [1.29, 1.82) is 0 Å². The SMILES string of the molecule is Cc1cc(NC(=O)CNc2ccccc2C(C)(C)C)no1. The smallest absolute Gasteiger partial charge is 0.244 e. The van der Waals surface area contributed by atoms with Gasteiger partial charge in [-0.15, -0.1) is 0 Å². The second-order valence-electron chi connectivity index (χ2n) is 6.02. The highest BCUT2D eigenvalue weighted by atomic mass is 16.5. The van der Waals surface area contributed by atoms with Gasteiger partial charge in [-0.25, -0.2) is 0 Å². The summed E-state index contributed by atoms with van der Waals surface area (Å²) in [5.41, 5.74) is 2.16. The van der Waals surface area contributed by atoms with Crippen LogP contribution < -0.4 is 10.6 Å². The minimum absolute atomic E-state index is 0.0172. The van der Waals surface area contributed by atoms with Crippen molar-refractivity contribution in [2.75, 3.05) is 17.2 Å². The number of hydrogen-bond donors (Lipinski definition) is 2. The Bertz CT molecular complexity index is 626. The van der Waals surface area contributed by atoms with Gasteiger partial charge in [-0.05, 0) is 24.0 Å². The molecule has 5 heteroatoms. The maximum atomic E-state index is 11.9. The van der Waals surface area contributed by atoms with Gasteiger partial charge in [-0.3, -0.25) is 4.79 Å². The van der Waals surface area contributed by atoms with E-state index in [1.54, 1.807) is 13.0 Å². The van der Waals surface area contributed by atoms with E-state index < -0.39 is 0 Å². The molecule has 0 saturated heterocycles. The second-order valence-corrected chi connectivity index (χ2v) is 6.02. The van der Waals surface area contributed by atoms with E-state index in [1.807, 2.05) is 18.2 Å². The van der Waals surface area contributed by atoms with Gasteiger partial charge in [-0.1, -0.05) is 44.1 Å². The first-order valence-corrected chi connectivity index (χ1v) is 6.93. The van der Waals surface area contributed by atoms with Crippen LogP contribution >= 0.6 is 0 Å². The largest absolute Gasteiger partial charge is 0.376 e. The molecule has 0 unspecified atom stereocenters. The zero-order valence-electron chi connectivity index (χ0n) is 12.9. The Hall–Kier alpha value is -2.30. The summed E-state index contributed by atoms with van der Waals surface area (Å²) < 4.78 is 4.91. The molecule has 1 aromatic heterocycles. The minimum Gasteiger partial charge on any atom is -0.376 e. The van der Waals surface area contributed by atoms with Crippen LogP contribution in [0.5, 0.6) is 0 Å². The number of rotatable bonds is 4. The number of aryl methyl sites for hydroxylation is 1. The van der Waals surface area contributed by atoms with Crippen LogP contribution in [0.3, 0.4) is 0 Å². The third kappa shape index (κ3) is 4.08. The summed E-state index contributed by atoms with van der Waals surface area (Å²) >= 11 is 0. The van der Waals surface area contributed by atoms with E-state index in [0.29, 0.717) is 11.6 Å². The first-order valence-electron chi connectivity index (χ1n) is 6.93. The maximum absolute atomic E-state index is 11.9. The lowest BCUT2D eigenvalue weighted by atomic mass is 9.86. The number of nitrogens with one attached hydrogen (secondary N) is 2. The van der Waals surface area contributed by atoms with Gasteiger partial charge >= 0.3 is 0 Å². The average molecular weight is 287 g/mol. The fourth-order valence-corrected chi connectivity index (χ4v) is 2.08. The van der Waals surface area contributed by atoms with Crippen LogP contribution in [0.1, 0.15) is 32.1 Å². The molecule has 0 aliphatic rings. The van der Waals surface area contributed by atoms with E-state index in [2.05, 4.69) is 42.6 Å². The van der Waals surface area contributed by atoms with Crippen molar-refractivity contribution in [2.24, 2.45) is 0 Å². The zero-order chi connectivity index (χ0) is 15.5. The van der Waals surface area contributed by atoms with Crippen molar-refractivity contribution < 1.29 is 9.32 Å². The number of benzene rings is 1. The van der Waals surface area contributed by atoms with E-state index in [-0.39, 0.29) is 17.9 Å². The van der Waals surface area contributed by atoms with Gasteiger partial charge in [0.25, 0.3) is 0 Å². The molecule has 1 aromatic carbocycles. The van der Waals surface area contributed by atoms with Crippen LogP contribution in [0.25, 0.3) is 0 Å². The molecule has 0 atom stereocenters. The van der Waals surface area contributed by atoms with Crippen LogP contribution in [-0.2, 0) is 10.2 Å². The molecule has 21 heavy (non-hydrogen) atoms. The summed E-state index contributed by atoms with van der Waals surface area (Å²) in [6.45, 7) is 8.39. The van der Waals surface area contributed by atoms with Crippen molar-refractivity contribution in [3.63, 3.8) is 0 Å². The Morgan fingerprint density at radius 2 is 2.00 bits per heavy atom. The number of para-hydroxylation sites is 1. The van der Waals surface area contributed by atoms with E-state index in [9.17, 15) is 4.79 Å². The van der Waals surface area contributed by atoms with Crippen molar-refractivity contribution in [2.45, 2.75) is 33.1 Å². The molecule has 5 nitrogen and oxygen atoms in total. The lowest BCUT2D eigenvalue weighted by molar-refractivity contribution is -0.114. The highest BCUT2D eigenvalue weighted by molar-refractivity contribution is 5.93. The Morgan fingerprint density at radius 1 is 1.29 bits per heavy atom. The number of hydrogen-bond acceptors (Lipinski definition) is 4. The highest BCUT2D eigenvalue weighted by Gasteiger charge is 2.17. The second kappa shape index (κ2) is 5.99. The lowest BCUT2D eigenvalue weighted by Gasteiger charge is -2.23. The summed E-state index contributed by atoms with van der Waals surface area (Å²) in [6, 6.07) is 9.69. The number of amides is 1. The van der Waals surface area contributed by atoms with Gasteiger partial charge in [-0.2, -0.15) is 0 Å². The molecule has 0 saturated carbocycles. The molecule has 0 aliphatic heterocycles. The van der Waals surface area contributed by atoms with Crippen LogP contribution in [0.4, 0.5) is 11.5 Å². The molecule has 0 fully saturated rings. The number of carbonyl (C=O) groups is 1. The molecular formula is C16H21N3O2. The number of anilines is 2. The average Bonchev–Trinajstić information content (AvgIpc) is 2.81. The molecule has 2 rings (SSSR count). The molecule has 1 amide bonds. The van der Waals surface area contributed by atoms with Crippen molar-refractivity contribution in [1.82, 2.24) is 5.16 Å². The summed E-state index contributed by atoms with van der Waals surface area (Å²) in [5.74, 6) is 0.937.